The van der Waals surface area contributed by atoms with E-state index in [0.29, 0.717) is 18.6 Å². The van der Waals surface area contributed by atoms with Gasteiger partial charge in [-0.25, -0.2) is 4.79 Å². The first-order valence-electron chi connectivity index (χ1n) is 7.29. The van der Waals surface area contributed by atoms with Crippen LogP contribution >= 0.6 is 11.8 Å². The summed E-state index contributed by atoms with van der Waals surface area (Å²) >= 11 is 1.60. The maximum absolute atomic E-state index is 12.4. The van der Waals surface area contributed by atoms with E-state index in [4.69, 9.17) is 0 Å². The summed E-state index contributed by atoms with van der Waals surface area (Å²) in [4.78, 5) is 37.1. The Hall–Kier alpha value is -1.24. The number of nitrogens with zero attached hydrogens (tertiary/aromatic N) is 1. The summed E-state index contributed by atoms with van der Waals surface area (Å²) in [5.41, 5.74) is 0. The van der Waals surface area contributed by atoms with Crippen molar-refractivity contribution in [1.29, 1.82) is 0 Å². The van der Waals surface area contributed by atoms with Crippen LogP contribution in [0.3, 0.4) is 0 Å². The molecule has 2 heterocycles. The van der Waals surface area contributed by atoms with Gasteiger partial charge in [-0.05, 0) is 19.3 Å². The highest BCUT2D eigenvalue weighted by Gasteiger charge is 2.53. The standard InChI is InChI=1S/C14H22N2O4S/c1-4-8(2)11(13(19)20)15-12(18)9-7-21-14(3)6-5-10(17)16(9)14/h8-9,11H,4-7H2,1-3H3,(H,15,18)(H,19,20)/t8?,9?,11-,14?/m0/s1. The van der Waals surface area contributed by atoms with Crippen LogP contribution in [-0.4, -0.2) is 50.5 Å². The molecular weight excluding hydrogens is 292 g/mol. The van der Waals surface area contributed by atoms with E-state index in [9.17, 15) is 19.5 Å². The van der Waals surface area contributed by atoms with Gasteiger partial charge >= 0.3 is 5.97 Å². The van der Waals surface area contributed by atoms with E-state index < -0.39 is 18.1 Å². The Bertz CT molecular complexity index is 470. The first-order valence-corrected chi connectivity index (χ1v) is 8.28. The second kappa shape index (κ2) is 5.87. The lowest BCUT2D eigenvalue weighted by Gasteiger charge is -2.31. The van der Waals surface area contributed by atoms with Crippen LogP contribution in [0, 0.1) is 5.92 Å². The second-order valence-electron chi connectivity index (χ2n) is 5.98. The van der Waals surface area contributed by atoms with E-state index in [-0.39, 0.29) is 22.6 Å². The quantitative estimate of drug-likeness (QED) is 0.792. The third-order valence-corrected chi connectivity index (χ3v) is 6.03. The minimum atomic E-state index is -1.03. The first kappa shape index (κ1) is 16.1. The summed E-state index contributed by atoms with van der Waals surface area (Å²) in [6.07, 6.45) is 1.87. The largest absolute Gasteiger partial charge is 0.480 e. The molecule has 6 nitrogen and oxygen atoms in total. The van der Waals surface area contributed by atoms with E-state index in [2.05, 4.69) is 5.32 Å². The van der Waals surface area contributed by atoms with Crippen molar-refractivity contribution in [2.24, 2.45) is 5.92 Å². The highest BCUT2D eigenvalue weighted by atomic mass is 32.2. The van der Waals surface area contributed by atoms with E-state index in [1.807, 2.05) is 13.8 Å². The minimum absolute atomic E-state index is 0.0157. The number of nitrogens with one attached hydrogen (secondary N) is 1. The van der Waals surface area contributed by atoms with Crippen LogP contribution in [0.1, 0.15) is 40.0 Å². The molecule has 4 atom stereocenters. The molecule has 2 aliphatic heterocycles. The molecule has 2 aliphatic rings. The number of thioether (sulfide) groups is 1. The smallest absolute Gasteiger partial charge is 0.326 e. The number of hydrogen-bond donors (Lipinski definition) is 2. The van der Waals surface area contributed by atoms with Crippen LogP contribution in [0.15, 0.2) is 0 Å². The maximum Gasteiger partial charge on any atom is 0.326 e. The number of carboxylic acid groups (broad SMARTS) is 1. The number of aliphatic carboxylic acids is 1. The van der Waals surface area contributed by atoms with Crippen molar-refractivity contribution in [2.45, 2.75) is 57.0 Å². The summed E-state index contributed by atoms with van der Waals surface area (Å²) in [5, 5.41) is 11.9. The van der Waals surface area contributed by atoms with Crippen LogP contribution in [0.2, 0.25) is 0 Å². The highest BCUT2D eigenvalue weighted by Crippen LogP contribution is 2.47. The Morgan fingerprint density at radius 1 is 1.57 bits per heavy atom. The molecule has 7 heteroatoms. The lowest BCUT2D eigenvalue weighted by molar-refractivity contribution is -0.145. The van der Waals surface area contributed by atoms with Gasteiger partial charge in [-0.1, -0.05) is 20.3 Å². The SMILES string of the molecule is CCC(C)[C@H](NC(=O)C1CSC2(C)CCC(=O)N12)C(=O)O. The van der Waals surface area contributed by atoms with Crippen molar-refractivity contribution in [3.63, 3.8) is 0 Å². The number of carbonyl (C=O) groups excluding carboxylic acids is 2. The highest BCUT2D eigenvalue weighted by molar-refractivity contribution is 8.01. The van der Waals surface area contributed by atoms with Gasteiger partial charge in [-0.15, -0.1) is 11.8 Å². The Labute approximate surface area is 128 Å². The zero-order chi connectivity index (χ0) is 15.8. The number of carbonyl (C=O) groups is 3. The molecule has 0 saturated carbocycles. The fourth-order valence-electron chi connectivity index (χ4n) is 2.95. The molecule has 118 valence electrons. The third kappa shape index (κ3) is 2.88. The lowest BCUT2D eigenvalue weighted by Crippen LogP contribution is -2.54. The van der Waals surface area contributed by atoms with Crippen LogP contribution in [0.25, 0.3) is 0 Å². The number of amides is 2. The summed E-state index contributed by atoms with van der Waals surface area (Å²) in [5.74, 6) is -1.02. The minimum Gasteiger partial charge on any atom is -0.480 e. The summed E-state index contributed by atoms with van der Waals surface area (Å²) in [6.45, 7) is 5.66. The zero-order valence-corrected chi connectivity index (χ0v) is 13.4. The Kier molecular flexibility index (Phi) is 4.51. The van der Waals surface area contributed by atoms with Crippen LogP contribution in [0.5, 0.6) is 0 Å². The predicted octanol–water partition coefficient (Wildman–Crippen LogP) is 1.06. The molecule has 0 bridgehead atoms. The molecular formula is C14H22N2O4S. The van der Waals surface area contributed by atoms with Gasteiger partial charge in [0.2, 0.25) is 11.8 Å². The van der Waals surface area contributed by atoms with Crippen LogP contribution < -0.4 is 5.32 Å². The topological polar surface area (TPSA) is 86.7 Å². The predicted molar refractivity (Wildman–Crippen MR) is 79.8 cm³/mol. The number of rotatable bonds is 5. The molecule has 21 heavy (non-hydrogen) atoms. The van der Waals surface area contributed by atoms with Gasteiger partial charge in [0, 0.05) is 12.2 Å². The van der Waals surface area contributed by atoms with Gasteiger partial charge in [0.25, 0.3) is 0 Å². The molecule has 2 fully saturated rings. The summed E-state index contributed by atoms with van der Waals surface area (Å²) in [6, 6.07) is -1.46. The molecule has 2 saturated heterocycles. The average Bonchev–Trinajstić information content (AvgIpc) is 2.92. The van der Waals surface area contributed by atoms with E-state index >= 15 is 0 Å². The van der Waals surface area contributed by atoms with Gasteiger partial charge in [0.15, 0.2) is 0 Å². The molecule has 2 rings (SSSR count). The molecule has 0 aromatic heterocycles. The molecule has 0 radical (unpaired) electrons. The van der Waals surface area contributed by atoms with Gasteiger partial charge in [-0.3, -0.25) is 9.59 Å². The fraction of sp³-hybridized carbons (Fsp3) is 0.786. The number of carboxylic acids is 1. The van der Waals surface area contributed by atoms with Gasteiger partial charge in [0.1, 0.15) is 12.1 Å². The van der Waals surface area contributed by atoms with E-state index in [0.717, 1.165) is 6.42 Å². The normalized spacial score (nSPS) is 30.9. The van der Waals surface area contributed by atoms with E-state index in [1.54, 1.807) is 23.6 Å². The van der Waals surface area contributed by atoms with Gasteiger partial charge in [-0.2, -0.15) is 0 Å². The van der Waals surface area contributed by atoms with Crippen LogP contribution in [0.4, 0.5) is 0 Å². The third-order valence-electron chi connectivity index (χ3n) is 4.52. The van der Waals surface area contributed by atoms with Crippen molar-refractivity contribution in [1.82, 2.24) is 10.2 Å². The van der Waals surface area contributed by atoms with Crippen molar-refractivity contribution in [2.75, 3.05) is 5.75 Å². The van der Waals surface area contributed by atoms with Crippen molar-refractivity contribution >= 4 is 29.5 Å². The Morgan fingerprint density at radius 2 is 2.24 bits per heavy atom. The molecule has 0 spiro atoms. The molecule has 0 aromatic rings. The second-order valence-corrected chi connectivity index (χ2v) is 7.48. The number of fused-ring (bicyclic) bond motifs is 1. The van der Waals surface area contributed by atoms with Gasteiger partial charge < -0.3 is 15.3 Å². The number of hydrogen-bond acceptors (Lipinski definition) is 4. The molecule has 3 unspecified atom stereocenters. The lowest BCUT2D eigenvalue weighted by atomic mass is 9.99. The molecule has 2 N–H and O–H groups in total. The molecule has 2 amide bonds. The van der Waals surface area contributed by atoms with Crippen molar-refractivity contribution < 1.29 is 19.5 Å². The van der Waals surface area contributed by atoms with Crippen LogP contribution in [-0.2, 0) is 14.4 Å². The Balaban J connectivity index is 2.10. The maximum atomic E-state index is 12.4. The zero-order valence-electron chi connectivity index (χ0n) is 12.6. The Morgan fingerprint density at radius 3 is 2.81 bits per heavy atom. The average molecular weight is 314 g/mol. The fourth-order valence-corrected chi connectivity index (χ4v) is 4.38. The molecule has 0 aliphatic carbocycles. The monoisotopic (exact) mass is 314 g/mol. The van der Waals surface area contributed by atoms with Gasteiger partial charge in [0.05, 0.1) is 4.87 Å². The molecule has 0 aromatic carbocycles. The summed E-state index contributed by atoms with van der Waals surface area (Å²) in [7, 11) is 0. The van der Waals surface area contributed by atoms with E-state index in [1.165, 1.54) is 0 Å². The van der Waals surface area contributed by atoms with Crippen molar-refractivity contribution in [3.05, 3.63) is 0 Å². The first-order chi connectivity index (χ1) is 9.80. The summed E-state index contributed by atoms with van der Waals surface area (Å²) < 4.78 is 0. The van der Waals surface area contributed by atoms with Crippen molar-refractivity contribution in [3.8, 4) is 0 Å².